The van der Waals surface area contributed by atoms with E-state index in [1.54, 1.807) is 24.0 Å². The first-order valence-electron chi connectivity index (χ1n) is 7.39. The van der Waals surface area contributed by atoms with Crippen molar-refractivity contribution in [3.8, 4) is 0 Å². The van der Waals surface area contributed by atoms with Crippen LogP contribution in [-0.4, -0.2) is 56.7 Å². The summed E-state index contributed by atoms with van der Waals surface area (Å²) in [6, 6.07) is 3.72. The van der Waals surface area contributed by atoms with Gasteiger partial charge in [-0.15, -0.1) is 0 Å². The van der Waals surface area contributed by atoms with Gasteiger partial charge in [-0.1, -0.05) is 0 Å². The van der Waals surface area contributed by atoms with E-state index in [9.17, 15) is 4.79 Å². The van der Waals surface area contributed by atoms with E-state index in [0.29, 0.717) is 18.8 Å². The summed E-state index contributed by atoms with van der Waals surface area (Å²) in [5.41, 5.74) is 2.56. The molecule has 22 heavy (non-hydrogen) atoms. The van der Waals surface area contributed by atoms with Crippen LogP contribution in [0.4, 0.5) is 5.95 Å². The number of piperazine rings is 1. The van der Waals surface area contributed by atoms with Crippen molar-refractivity contribution in [2.24, 2.45) is 7.05 Å². The third-order valence-electron chi connectivity index (χ3n) is 3.86. The van der Waals surface area contributed by atoms with Gasteiger partial charge in [0.25, 0.3) is 5.91 Å². The quantitative estimate of drug-likeness (QED) is 0.820. The minimum absolute atomic E-state index is 0.0287. The number of nitrogens with zero attached hydrogens (tertiary/aromatic N) is 6. The molecule has 116 valence electrons. The number of aryl methyl sites for hydroxylation is 3. The molecular weight excluding hydrogens is 280 g/mol. The van der Waals surface area contributed by atoms with Crippen molar-refractivity contribution in [2.75, 3.05) is 31.1 Å². The highest BCUT2D eigenvalue weighted by molar-refractivity contribution is 5.92. The van der Waals surface area contributed by atoms with Crippen LogP contribution < -0.4 is 4.90 Å². The van der Waals surface area contributed by atoms with Crippen LogP contribution in [-0.2, 0) is 7.05 Å². The molecule has 1 aliphatic heterocycles. The molecule has 3 heterocycles. The third kappa shape index (κ3) is 2.79. The summed E-state index contributed by atoms with van der Waals surface area (Å²) in [5.74, 6) is 0.783. The van der Waals surface area contributed by atoms with Gasteiger partial charge in [-0.25, -0.2) is 9.97 Å². The highest BCUT2D eigenvalue weighted by Crippen LogP contribution is 2.14. The van der Waals surface area contributed by atoms with E-state index in [2.05, 4.69) is 20.0 Å². The van der Waals surface area contributed by atoms with Crippen LogP contribution >= 0.6 is 0 Å². The monoisotopic (exact) mass is 300 g/mol. The topological polar surface area (TPSA) is 67.2 Å². The number of amides is 1. The molecule has 2 aromatic heterocycles. The normalized spacial score (nSPS) is 15.2. The fourth-order valence-electron chi connectivity index (χ4n) is 2.70. The lowest BCUT2D eigenvalue weighted by atomic mass is 10.2. The lowest BCUT2D eigenvalue weighted by molar-refractivity contribution is 0.0735. The van der Waals surface area contributed by atoms with Crippen molar-refractivity contribution in [3.05, 3.63) is 35.4 Å². The second-order valence-corrected chi connectivity index (χ2v) is 5.57. The first-order valence-corrected chi connectivity index (χ1v) is 7.39. The molecule has 0 spiro atoms. The predicted molar refractivity (Wildman–Crippen MR) is 82.8 cm³/mol. The van der Waals surface area contributed by atoms with Gasteiger partial charge in [0.2, 0.25) is 5.95 Å². The van der Waals surface area contributed by atoms with E-state index in [1.807, 2.05) is 24.8 Å². The van der Waals surface area contributed by atoms with Gasteiger partial charge >= 0.3 is 0 Å². The molecule has 0 aromatic carbocycles. The number of hydrogen-bond donors (Lipinski definition) is 0. The summed E-state index contributed by atoms with van der Waals surface area (Å²) in [7, 11) is 1.78. The first kappa shape index (κ1) is 14.5. The van der Waals surface area contributed by atoms with Gasteiger partial charge in [0, 0.05) is 50.8 Å². The average molecular weight is 300 g/mol. The summed E-state index contributed by atoms with van der Waals surface area (Å²) in [6.07, 6.45) is 1.65. The van der Waals surface area contributed by atoms with Gasteiger partial charge in [-0.05, 0) is 26.0 Å². The summed E-state index contributed by atoms with van der Waals surface area (Å²) >= 11 is 0. The molecule has 0 atom stereocenters. The minimum atomic E-state index is 0.0287. The molecule has 1 saturated heterocycles. The van der Waals surface area contributed by atoms with Crippen LogP contribution in [0.5, 0.6) is 0 Å². The van der Waals surface area contributed by atoms with Crippen molar-refractivity contribution in [2.45, 2.75) is 13.8 Å². The summed E-state index contributed by atoms with van der Waals surface area (Å²) < 4.78 is 1.61. The van der Waals surface area contributed by atoms with Gasteiger partial charge in [0.1, 0.15) is 5.69 Å². The molecule has 0 saturated carbocycles. The van der Waals surface area contributed by atoms with Gasteiger partial charge in [0.15, 0.2) is 0 Å². The van der Waals surface area contributed by atoms with Crippen LogP contribution in [0.25, 0.3) is 0 Å². The number of rotatable bonds is 2. The van der Waals surface area contributed by atoms with Crippen molar-refractivity contribution in [3.63, 3.8) is 0 Å². The molecular formula is C15H20N6O. The highest BCUT2D eigenvalue weighted by Gasteiger charge is 2.25. The Morgan fingerprint density at radius 2 is 1.73 bits per heavy atom. The fourth-order valence-corrected chi connectivity index (χ4v) is 2.70. The second-order valence-electron chi connectivity index (χ2n) is 5.57. The van der Waals surface area contributed by atoms with Gasteiger partial charge in [-0.2, -0.15) is 5.10 Å². The molecule has 0 bridgehead atoms. The van der Waals surface area contributed by atoms with E-state index in [-0.39, 0.29) is 5.91 Å². The number of hydrogen-bond acceptors (Lipinski definition) is 5. The van der Waals surface area contributed by atoms with Crippen LogP contribution in [0, 0.1) is 13.8 Å². The number of anilines is 1. The van der Waals surface area contributed by atoms with Crippen molar-refractivity contribution in [1.82, 2.24) is 24.6 Å². The van der Waals surface area contributed by atoms with Crippen LogP contribution in [0.1, 0.15) is 21.9 Å². The lowest BCUT2D eigenvalue weighted by Gasteiger charge is -2.34. The first-order chi connectivity index (χ1) is 10.5. The molecule has 7 nitrogen and oxygen atoms in total. The molecule has 0 unspecified atom stereocenters. The van der Waals surface area contributed by atoms with E-state index in [0.717, 1.165) is 30.4 Å². The Bertz CT molecular complexity index is 667. The smallest absolute Gasteiger partial charge is 0.272 e. The van der Waals surface area contributed by atoms with E-state index in [1.165, 1.54) is 0 Å². The molecule has 1 fully saturated rings. The molecule has 1 amide bonds. The Labute approximate surface area is 129 Å². The predicted octanol–water partition coefficient (Wildman–Crippen LogP) is 0.789. The fraction of sp³-hybridized carbons (Fsp3) is 0.467. The van der Waals surface area contributed by atoms with E-state index >= 15 is 0 Å². The van der Waals surface area contributed by atoms with Crippen molar-refractivity contribution < 1.29 is 4.79 Å². The van der Waals surface area contributed by atoms with Crippen molar-refractivity contribution >= 4 is 11.9 Å². The minimum Gasteiger partial charge on any atom is -0.337 e. The van der Waals surface area contributed by atoms with Gasteiger partial charge < -0.3 is 9.80 Å². The standard InChI is InChI=1S/C15H20N6O/c1-11-10-12(2)18-15(17-11)21-8-6-20(7-9-21)14(22)13-4-5-16-19(13)3/h4-5,10H,6-9H2,1-3H3. The Morgan fingerprint density at radius 3 is 2.27 bits per heavy atom. The number of carbonyl (C=O) groups excluding carboxylic acids is 1. The zero-order chi connectivity index (χ0) is 15.7. The molecule has 0 aliphatic carbocycles. The van der Waals surface area contributed by atoms with Crippen molar-refractivity contribution in [1.29, 1.82) is 0 Å². The summed E-state index contributed by atoms with van der Waals surface area (Å²) in [5, 5.41) is 4.05. The Morgan fingerprint density at radius 1 is 1.09 bits per heavy atom. The molecule has 3 rings (SSSR count). The Balaban J connectivity index is 1.67. The maximum atomic E-state index is 12.4. The summed E-state index contributed by atoms with van der Waals surface area (Å²) in [4.78, 5) is 25.4. The van der Waals surface area contributed by atoms with E-state index in [4.69, 9.17) is 0 Å². The van der Waals surface area contributed by atoms with Gasteiger partial charge in [0.05, 0.1) is 0 Å². The molecule has 0 radical (unpaired) electrons. The SMILES string of the molecule is Cc1cc(C)nc(N2CCN(C(=O)c3ccnn3C)CC2)n1. The van der Waals surface area contributed by atoms with Crippen LogP contribution in [0.2, 0.25) is 0 Å². The second kappa shape index (κ2) is 5.75. The number of carbonyl (C=O) groups is 1. The third-order valence-corrected chi connectivity index (χ3v) is 3.86. The molecule has 7 heteroatoms. The zero-order valence-electron chi connectivity index (χ0n) is 13.2. The summed E-state index contributed by atoms with van der Waals surface area (Å²) in [6.45, 7) is 6.76. The lowest BCUT2D eigenvalue weighted by Crippen LogP contribution is -2.49. The molecule has 1 aliphatic rings. The Hall–Kier alpha value is -2.44. The highest BCUT2D eigenvalue weighted by atomic mass is 16.2. The maximum absolute atomic E-state index is 12.4. The molecule has 2 aromatic rings. The zero-order valence-corrected chi connectivity index (χ0v) is 13.2. The average Bonchev–Trinajstić information content (AvgIpc) is 2.92. The largest absolute Gasteiger partial charge is 0.337 e. The van der Waals surface area contributed by atoms with Crippen LogP contribution in [0.15, 0.2) is 18.3 Å². The van der Waals surface area contributed by atoms with Crippen LogP contribution in [0.3, 0.4) is 0 Å². The molecule has 0 N–H and O–H groups in total. The van der Waals surface area contributed by atoms with E-state index < -0.39 is 0 Å². The van der Waals surface area contributed by atoms with Gasteiger partial charge in [-0.3, -0.25) is 9.48 Å². The maximum Gasteiger partial charge on any atom is 0.272 e. The Kier molecular flexibility index (Phi) is 3.79. The number of aromatic nitrogens is 4.